The first-order valence-corrected chi connectivity index (χ1v) is 10.2. The molecule has 1 aromatic carbocycles. The van der Waals surface area contributed by atoms with Crippen LogP contribution in [0.15, 0.2) is 29.2 Å². The molecule has 2 N–H and O–H groups in total. The zero-order valence-corrected chi connectivity index (χ0v) is 17.7. The zero-order valence-electron chi connectivity index (χ0n) is 17.7. The molecule has 1 atom stereocenters. The number of pyridine rings is 1. The highest BCUT2D eigenvalue weighted by atomic mass is 19.3. The molecule has 7 nitrogen and oxygen atoms in total. The van der Waals surface area contributed by atoms with Crippen molar-refractivity contribution in [1.29, 1.82) is 0 Å². The van der Waals surface area contributed by atoms with E-state index in [0.29, 0.717) is 12.8 Å². The van der Waals surface area contributed by atoms with Crippen molar-refractivity contribution in [1.82, 2.24) is 14.5 Å². The Kier molecular flexibility index (Phi) is 5.59. The molecular formula is C22H20F4N4O3. The summed E-state index contributed by atoms with van der Waals surface area (Å²) in [6.07, 6.45) is -0.962. The molecule has 0 radical (unpaired) electrons. The normalized spacial score (nSPS) is 15.6. The number of anilines is 1. The van der Waals surface area contributed by atoms with Gasteiger partial charge < -0.3 is 15.0 Å². The number of aromatic carboxylic acids is 1. The van der Waals surface area contributed by atoms with Crippen LogP contribution in [0.25, 0.3) is 10.9 Å². The highest BCUT2D eigenvalue weighted by Gasteiger charge is 2.46. The number of aryl methyl sites for hydroxylation is 1. The third kappa shape index (κ3) is 3.81. The van der Waals surface area contributed by atoms with Crippen molar-refractivity contribution in [2.45, 2.75) is 44.7 Å². The lowest BCUT2D eigenvalue weighted by Crippen LogP contribution is -2.35. The molecule has 4 rings (SSSR count). The summed E-state index contributed by atoms with van der Waals surface area (Å²) in [7, 11) is 0. The molecule has 0 spiro atoms. The number of carboxylic acid groups (broad SMARTS) is 1. The second-order valence-electron chi connectivity index (χ2n) is 8.14. The number of nitrogens with one attached hydrogen (secondary N) is 1. The lowest BCUT2D eigenvalue weighted by molar-refractivity contribution is 0.0695. The smallest absolute Gasteiger partial charge is 0.343 e. The molecule has 2 aromatic heterocycles. The van der Waals surface area contributed by atoms with Crippen molar-refractivity contribution in [3.05, 3.63) is 63.1 Å². The van der Waals surface area contributed by atoms with Gasteiger partial charge in [0.05, 0.1) is 28.0 Å². The largest absolute Gasteiger partial charge is 0.477 e. The van der Waals surface area contributed by atoms with Gasteiger partial charge >= 0.3 is 5.97 Å². The molecule has 0 saturated heterocycles. The van der Waals surface area contributed by atoms with Crippen LogP contribution in [-0.2, 0) is 5.54 Å². The highest BCUT2D eigenvalue weighted by molar-refractivity contribution is 6.04. The molecule has 1 saturated carbocycles. The van der Waals surface area contributed by atoms with Crippen LogP contribution in [0.4, 0.5) is 23.4 Å². The molecule has 0 amide bonds. The number of alkyl halides is 3. The van der Waals surface area contributed by atoms with E-state index in [9.17, 15) is 32.3 Å². The monoisotopic (exact) mass is 464 g/mol. The maximum Gasteiger partial charge on any atom is 0.343 e. The number of rotatable bonds is 7. The molecule has 0 unspecified atom stereocenters. The third-order valence-electron chi connectivity index (χ3n) is 5.90. The number of carbonyl (C=O) groups is 1. The molecule has 174 valence electrons. The first-order valence-electron chi connectivity index (χ1n) is 10.2. The molecule has 1 aliphatic rings. The molecule has 0 aliphatic heterocycles. The number of hydrogen-bond acceptors (Lipinski definition) is 5. The fourth-order valence-corrected chi connectivity index (χ4v) is 3.90. The van der Waals surface area contributed by atoms with E-state index >= 15 is 0 Å². The second kappa shape index (κ2) is 8.13. The number of hydrogen-bond donors (Lipinski definition) is 2. The van der Waals surface area contributed by atoms with Crippen LogP contribution >= 0.6 is 0 Å². The number of aromatic nitrogens is 3. The van der Waals surface area contributed by atoms with E-state index in [1.165, 1.54) is 32.2 Å². The number of benzene rings is 1. The maximum absolute atomic E-state index is 14.6. The van der Waals surface area contributed by atoms with Gasteiger partial charge in [-0.15, -0.1) is 0 Å². The van der Waals surface area contributed by atoms with Gasteiger partial charge in [0.1, 0.15) is 24.1 Å². The van der Waals surface area contributed by atoms with Gasteiger partial charge in [-0.05, 0) is 26.7 Å². The van der Waals surface area contributed by atoms with Gasteiger partial charge in [0.2, 0.25) is 0 Å². The summed E-state index contributed by atoms with van der Waals surface area (Å²) in [4.78, 5) is 33.2. The fraction of sp³-hybridized carbons (Fsp3) is 0.364. The van der Waals surface area contributed by atoms with E-state index in [1.54, 1.807) is 0 Å². The molecule has 11 heteroatoms. The topological polar surface area (TPSA) is 97.1 Å². The van der Waals surface area contributed by atoms with Gasteiger partial charge in [-0.25, -0.2) is 32.3 Å². The Labute approximate surface area is 185 Å². The molecule has 2 heterocycles. The first kappa shape index (κ1) is 22.7. The predicted octanol–water partition coefficient (Wildman–Crippen LogP) is 4.51. The van der Waals surface area contributed by atoms with Gasteiger partial charge in [-0.1, -0.05) is 18.2 Å². The summed E-state index contributed by atoms with van der Waals surface area (Å²) in [5, 5.41) is 12.7. The summed E-state index contributed by atoms with van der Waals surface area (Å²) < 4.78 is 55.7. The van der Waals surface area contributed by atoms with Crippen LogP contribution in [0.2, 0.25) is 0 Å². The average molecular weight is 464 g/mol. The molecule has 3 aromatic rings. The maximum atomic E-state index is 14.6. The van der Waals surface area contributed by atoms with Crippen LogP contribution in [0.1, 0.15) is 59.5 Å². The SMILES string of the molecule is Cc1nc(N[C@H](C)c2cccc(C(F)F)c2F)c2cn(C3(CF)CC3)c(=O)c(C(=O)O)c2n1. The average Bonchev–Trinajstić information content (AvgIpc) is 3.53. The Hall–Kier alpha value is -3.50. The molecular weight excluding hydrogens is 444 g/mol. The minimum absolute atomic E-state index is 0.0496. The summed E-state index contributed by atoms with van der Waals surface area (Å²) in [6, 6.07) is 2.78. The fourth-order valence-electron chi connectivity index (χ4n) is 3.90. The summed E-state index contributed by atoms with van der Waals surface area (Å²) in [6.45, 7) is 2.15. The number of fused-ring (bicyclic) bond motifs is 1. The Morgan fingerprint density at radius 2 is 1.94 bits per heavy atom. The van der Waals surface area contributed by atoms with Crippen LogP contribution in [0, 0.1) is 12.7 Å². The van der Waals surface area contributed by atoms with Crippen molar-refractivity contribution < 1.29 is 27.5 Å². The van der Waals surface area contributed by atoms with Crippen LogP contribution in [0.5, 0.6) is 0 Å². The summed E-state index contributed by atoms with van der Waals surface area (Å²) in [5.74, 6) is -2.40. The van der Waals surface area contributed by atoms with Gasteiger partial charge in [-0.3, -0.25) is 4.79 Å². The van der Waals surface area contributed by atoms with Gasteiger partial charge in [0.15, 0.2) is 5.56 Å². The Morgan fingerprint density at radius 3 is 2.52 bits per heavy atom. The van der Waals surface area contributed by atoms with Crippen LogP contribution in [0.3, 0.4) is 0 Å². The van der Waals surface area contributed by atoms with E-state index in [4.69, 9.17) is 0 Å². The second-order valence-corrected chi connectivity index (χ2v) is 8.14. The van der Waals surface area contributed by atoms with Crippen molar-refractivity contribution >= 4 is 22.7 Å². The zero-order chi connectivity index (χ0) is 24.1. The van der Waals surface area contributed by atoms with Gasteiger partial charge in [-0.2, -0.15) is 0 Å². The minimum Gasteiger partial charge on any atom is -0.477 e. The number of halogens is 4. The predicted molar refractivity (Wildman–Crippen MR) is 112 cm³/mol. The standard InChI is InChI=1S/C22H20F4N4O3/c1-10(12-4-3-5-13(16(12)24)18(25)26)27-19-14-8-30(22(9-23)6-7-22)20(31)15(21(32)33)17(14)28-11(2)29-19/h3-5,8,10,18H,6-7,9H2,1-2H3,(H,32,33)(H,27,28,29)/t10-/m1/s1. The van der Waals surface area contributed by atoms with E-state index in [2.05, 4.69) is 15.3 Å². The minimum atomic E-state index is -3.00. The van der Waals surface area contributed by atoms with E-state index in [0.717, 1.165) is 10.6 Å². The van der Waals surface area contributed by atoms with Crippen LogP contribution in [-0.4, -0.2) is 32.3 Å². The van der Waals surface area contributed by atoms with Crippen molar-refractivity contribution in [2.24, 2.45) is 0 Å². The number of carboxylic acids is 1. The third-order valence-corrected chi connectivity index (χ3v) is 5.90. The Morgan fingerprint density at radius 1 is 1.27 bits per heavy atom. The molecule has 33 heavy (non-hydrogen) atoms. The molecule has 0 bridgehead atoms. The van der Waals surface area contributed by atoms with E-state index in [1.807, 2.05) is 0 Å². The lowest BCUT2D eigenvalue weighted by atomic mass is 10.0. The number of nitrogens with zero attached hydrogens (tertiary/aromatic N) is 3. The van der Waals surface area contributed by atoms with E-state index < -0.39 is 53.2 Å². The van der Waals surface area contributed by atoms with E-state index in [-0.39, 0.29) is 28.1 Å². The van der Waals surface area contributed by atoms with Gasteiger partial charge in [0.25, 0.3) is 12.0 Å². The lowest BCUT2D eigenvalue weighted by Gasteiger charge is -2.21. The quantitative estimate of drug-likeness (QED) is 0.500. The highest BCUT2D eigenvalue weighted by Crippen LogP contribution is 2.43. The van der Waals surface area contributed by atoms with Crippen molar-refractivity contribution in [2.75, 3.05) is 12.0 Å². The van der Waals surface area contributed by atoms with Crippen molar-refractivity contribution in [3.63, 3.8) is 0 Å². The summed E-state index contributed by atoms with van der Waals surface area (Å²) in [5.41, 5.74) is -3.57. The molecule has 1 aliphatic carbocycles. The Balaban J connectivity index is 1.89. The van der Waals surface area contributed by atoms with Gasteiger partial charge in [0, 0.05) is 11.8 Å². The Bertz CT molecular complexity index is 1320. The summed E-state index contributed by atoms with van der Waals surface area (Å²) >= 11 is 0. The van der Waals surface area contributed by atoms with Crippen LogP contribution < -0.4 is 10.9 Å². The van der Waals surface area contributed by atoms with Crippen molar-refractivity contribution in [3.8, 4) is 0 Å². The molecule has 1 fully saturated rings. The first-order chi connectivity index (χ1) is 15.6.